The number of rotatable bonds is 10. The SMILES string of the molecule is CCCC(NC(=O)Cc1ccccc1)C(=O)N(C)c1ccc(OCC(=O)O)cc1. The maximum Gasteiger partial charge on any atom is 0.341 e. The molecule has 2 N–H and O–H groups in total. The molecule has 1 atom stereocenters. The van der Waals surface area contributed by atoms with Crippen LogP contribution in [0, 0.1) is 0 Å². The van der Waals surface area contributed by atoms with Gasteiger partial charge in [0, 0.05) is 12.7 Å². The normalized spacial score (nSPS) is 11.4. The molecular weight excluding hydrogens is 372 g/mol. The lowest BCUT2D eigenvalue weighted by atomic mass is 10.1. The Morgan fingerprint density at radius 2 is 1.72 bits per heavy atom. The number of nitrogens with one attached hydrogen (secondary N) is 1. The molecule has 2 aromatic carbocycles. The van der Waals surface area contributed by atoms with E-state index >= 15 is 0 Å². The van der Waals surface area contributed by atoms with Gasteiger partial charge in [-0.05, 0) is 36.2 Å². The minimum Gasteiger partial charge on any atom is -0.482 e. The molecule has 0 aliphatic rings. The minimum atomic E-state index is -1.06. The Balaban J connectivity index is 2.01. The van der Waals surface area contributed by atoms with Crippen molar-refractivity contribution in [3.05, 3.63) is 60.2 Å². The fourth-order valence-corrected chi connectivity index (χ4v) is 2.84. The van der Waals surface area contributed by atoms with Crippen molar-refractivity contribution in [3.8, 4) is 5.75 Å². The smallest absolute Gasteiger partial charge is 0.341 e. The molecule has 0 aromatic heterocycles. The first-order valence-corrected chi connectivity index (χ1v) is 9.46. The van der Waals surface area contributed by atoms with Crippen LogP contribution in [0.3, 0.4) is 0 Å². The summed E-state index contributed by atoms with van der Waals surface area (Å²) >= 11 is 0. The summed E-state index contributed by atoms with van der Waals surface area (Å²) < 4.78 is 5.10. The summed E-state index contributed by atoms with van der Waals surface area (Å²) in [7, 11) is 1.64. The maximum absolute atomic E-state index is 12.9. The topological polar surface area (TPSA) is 95.9 Å². The van der Waals surface area contributed by atoms with Crippen molar-refractivity contribution >= 4 is 23.5 Å². The zero-order valence-corrected chi connectivity index (χ0v) is 16.6. The zero-order chi connectivity index (χ0) is 21.2. The minimum absolute atomic E-state index is 0.200. The Kier molecular flexibility index (Phi) is 8.21. The number of carboxylic acid groups (broad SMARTS) is 1. The van der Waals surface area contributed by atoms with Crippen LogP contribution in [0.1, 0.15) is 25.3 Å². The Bertz CT molecular complexity index is 821. The second-order valence-electron chi connectivity index (χ2n) is 6.64. The van der Waals surface area contributed by atoms with Gasteiger partial charge in [0.05, 0.1) is 6.42 Å². The first-order valence-electron chi connectivity index (χ1n) is 9.46. The molecule has 0 saturated carbocycles. The van der Waals surface area contributed by atoms with Crippen LogP contribution in [0.5, 0.6) is 5.75 Å². The predicted octanol–water partition coefficient (Wildman–Crippen LogP) is 2.64. The van der Waals surface area contributed by atoms with Crippen LogP contribution in [0.25, 0.3) is 0 Å². The zero-order valence-electron chi connectivity index (χ0n) is 16.6. The van der Waals surface area contributed by atoms with Gasteiger partial charge in [0.2, 0.25) is 11.8 Å². The van der Waals surface area contributed by atoms with Gasteiger partial charge in [0.15, 0.2) is 6.61 Å². The molecule has 0 radical (unpaired) electrons. The molecule has 29 heavy (non-hydrogen) atoms. The molecule has 0 aliphatic heterocycles. The van der Waals surface area contributed by atoms with Crippen molar-refractivity contribution in [2.75, 3.05) is 18.6 Å². The number of benzene rings is 2. The third-order valence-corrected chi connectivity index (χ3v) is 4.34. The summed E-state index contributed by atoms with van der Waals surface area (Å²) in [4.78, 5) is 37.4. The van der Waals surface area contributed by atoms with Gasteiger partial charge in [-0.1, -0.05) is 43.7 Å². The number of likely N-dealkylation sites (N-methyl/N-ethyl adjacent to an activating group) is 1. The molecule has 2 aromatic rings. The highest BCUT2D eigenvalue weighted by molar-refractivity contribution is 5.99. The fraction of sp³-hybridized carbons (Fsp3) is 0.318. The lowest BCUT2D eigenvalue weighted by molar-refractivity contribution is -0.139. The average molecular weight is 398 g/mol. The average Bonchev–Trinajstić information content (AvgIpc) is 2.72. The summed E-state index contributed by atoms with van der Waals surface area (Å²) in [6.45, 7) is 1.53. The molecule has 0 spiro atoms. The monoisotopic (exact) mass is 398 g/mol. The van der Waals surface area contributed by atoms with Gasteiger partial charge in [-0.2, -0.15) is 0 Å². The molecule has 2 rings (SSSR count). The summed E-state index contributed by atoms with van der Waals surface area (Å²) in [5, 5.41) is 11.5. The van der Waals surface area contributed by atoms with Crippen LogP contribution in [0.15, 0.2) is 54.6 Å². The first kappa shape index (κ1) is 21.9. The van der Waals surface area contributed by atoms with E-state index in [0.717, 1.165) is 12.0 Å². The van der Waals surface area contributed by atoms with Gasteiger partial charge < -0.3 is 20.1 Å². The van der Waals surface area contributed by atoms with Crippen LogP contribution in [0.2, 0.25) is 0 Å². The number of nitrogens with zero attached hydrogens (tertiary/aromatic N) is 1. The molecule has 0 bridgehead atoms. The molecule has 2 amide bonds. The van der Waals surface area contributed by atoms with E-state index in [1.807, 2.05) is 37.3 Å². The van der Waals surface area contributed by atoms with Gasteiger partial charge in [-0.15, -0.1) is 0 Å². The van der Waals surface area contributed by atoms with Crippen LogP contribution in [-0.4, -0.2) is 42.6 Å². The number of hydrogen-bond donors (Lipinski definition) is 2. The summed E-state index contributed by atoms with van der Waals surface area (Å²) in [6, 6.07) is 15.3. The van der Waals surface area contributed by atoms with Crippen molar-refractivity contribution in [3.63, 3.8) is 0 Å². The Morgan fingerprint density at radius 3 is 2.31 bits per heavy atom. The van der Waals surface area contributed by atoms with E-state index in [0.29, 0.717) is 17.9 Å². The third-order valence-electron chi connectivity index (χ3n) is 4.34. The van der Waals surface area contributed by atoms with Gasteiger partial charge in [0.1, 0.15) is 11.8 Å². The summed E-state index contributed by atoms with van der Waals surface area (Å²) in [5.74, 6) is -1.07. The molecule has 1 unspecified atom stereocenters. The summed E-state index contributed by atoms with van der Waals surface area (Å²) in [6.07, 6.45) is 1.50. The predicted molar refractivity (Wildman–Crippen MR) is 110 cm³/mol. The van der Waals surface area contributed by atoms with Gasteiger partial charge in [-0.3, -0.25) is 9.59 Å². The number of carbonyl (C=O) groups is 3. The van der Waals surface area contributed by atoms with E-state index in [4.69, 9.17) is 9.84 Å². The van der Waals surface area contributed by atoms with Gasteiger partial charge in [-0.25, -0.2) is 4.79 Å². The van der Waals surface area contributed by atoms with E-state index in [1.165, 1.54) is 4.90 Å². The van der Waals surface area contributed by atoms with E-state index in [2.05, 4.69) is 5.32 Å². The molecule has 0 fully saturated rings. The number of ether oxygens (including phenoxy) is 1. The highest BCUT2D eigenvalue weighted by Gasteiger charge is 2.24. The van der Waals surface area contributed by atoms with Gasteiger partial charge >= 0.3 is 5.97 Å². The van der Waals surface area contributed by atoms with Crippen LogP contribution >= 0.6 is 0 Å². The van der Waals surface area contributed by atoms with Crippen molar-refractivity contribution in [1.82, 2.24) is 5.32 Å². The first-order chi connectivity index (χ1) is 13.9. The highest BCUT2D eigenvalue weighted by atomic mass is 16.5. The molecule has 154 valence electrons. The Morgan fingerprint density at radius 1 is 1.07 bits per heavy atom. The second-order valence-corrected chi connectivity index (χ2v) is 6.64. The van der Waals surface area contributed by atoms with Crippen LogP contribution < -0.4 is 15.0 Å². The number of carboxylic acids is 1. The van der Waals surface area contributed by atoms with E-state index in [1.54, 1.807) is 31.3 Å². The largest absolute Gasteiger partial charge is 0.482 e. The number of anilines is 1. The van der Waals surface area contributed by atoms with Crippen molar-refractivity contribution in [2.24, 2.45) is 0 Å². The fourth-order valence-electron chi connectivity index (χ4n) is 2.84. The quantitative estimate of drug-likeness (QED) is 0.641. The molecule has 0 saturated heterocycles. The van der Waals surface area contributed by atoms with Crippen LogP contribution in [0.4, 0.5) is 5.69 Å². The second kappa shape index (κ2) is 10.8. The number of aliphatic carboxylic acids is 1. The Labute approximate surface area is 170 Å². The molecular formula is C22H26N2O5. The van der Waals surface area contributed by atoms with E-state index in [9.17, 15) is 14.4 Å². The van der Waals surface area contributed by atoms with Gasteiger partial charge in [0.25, 0.3) is 0 Å². The third kappa shape index (κ3) is 6.95. The maximum atomic E-state index is 12.9. The number of hydrogen-bond acceptors (Lipinski definition) is 4. The number of amides is 2. The summed E-state index contributed by atoms with van der Waals surface area (Å²) in [5.41, 5.74) is 1.51. The van der Waals surface area contributed by atoms with E-state index in [-0.39, 0.29) is 18.2 Å². The van der Waals surface area contributed by atoms with Crippen LogP contribution in [-0.2, 0) is 20.8 Å². The standard InChI is InChI=1S/C22H26N2O5/c1-3-7-19(23-20(25)14-16-8-5-4-6-9-16)22(28)24(2)17-10-12-18(13-11-17)29-15-21(26)27/h4-6,8-13,19H,3,7,14-15H2,1-2H3,(H,23,25)(H,26,27). The molecule has 7 nitrogen and oxygen atoms in total. The molecule has 0 heterocycles. The van der Waals surface area contributed by atoms with Crippen molar-refractivity contribution < 1.29 is 24.2 Å². The lowest BCUT2D eigenvalue weighted by Gasteiger charge is -2.24. The van der Waals surface area contributed by atoms with Crippen molar-refractivity contribution in [1.29, 1.82) is 0 Å². The molecule has 7 heteroatoms. The van der Waals surface area contributed by atoms with E-state index < -0.39 is 18.6 Å². The Hall–Kier alpha value is -3.35. The van der Waals surface area contributed by atoms with Crippen molar-refractivity contribution in [2.45, 2.75) is 32.2 Å². The molecule has 0 aliphatic carbocycles. The highest BCUT2D eigenvalue weighted by Crippen LogP contribution is 2.20. The number of carbonyl (C=O) groups excluding carboxylic acids is 2. The lowest BCUT2D eigenvalue weighted by Crippen LogP contribution is -2.47.